The molecule has 1 aromatic rings. The van der Waals surface area contributed by atoms with Crippen LogP contribution in [0.5, 0.6) is 0 Å². The Morgan fingerprint density at radius 2 is 2.05 bits per heavy atom. The molecule has 0 radical (unpaired) electrons. The van der Waals surface area contributed by atoms with E-state index in [2.05, 4.69) is 5.32 Å². The van der Waals surface area contributed by atoms with Gasteiger partial charge in [0, 0.05) is 31.2 Å². The molecule has 0 spiro atoms. The van der Waals surface area contributed by atoms with Gasteiger partial charge in [0.15, 0.2) is 0 Å². The molecule has 0 aromatic heterocycles. The first-order valence-corrected chi connectivity index (χ1v) is 6.19. The molecule has 8 heteroatoms. The van der Waals surface area contributed by atoms with E-state index in [9.17, 15) is 22.4 Å². The third-order valence-corrected chi connectivity index (χ3v) is 3.28. The van der Waals surface area contributed by atoms with E-state index in [-0.39, 0.29) is 24.0 Å². The van der Waals surface area contributed by atoms with E-state index < -0.39 is 23.5 Å². The summed E-state index contributed by atoms with van der Waals surface area (Å²) in [7, 11) is 0. The normalized spacial score (nSPS) is 19.1. The van der Waals surface area contributed by atoms with E-state index >= 15 is 0 Å². The molecule has 1 atom stereocenters. The number of hydrogen-bond acceptors (Lipinski definition) is 2. The number of rotatable bonds is 1. The molecule has 1 amide bonds. The standard InChI is InChI=1S/C13H14F4N2O.ClH/c1-8-7-18-4-5-19(8)12(20)9-2-3-11(14)10(6-9)13(15,16)17;/h2-3,6,8,18H,4-5,7H2,1H3;1H/t8-;/m1./s1. The third-order valence-electron chi connectivity index (χ3n) is 3.28. The van der Waals surface area contributed by atoms with Crippen LogP contribution in [0.25, 0.3) is 0 Å². The molecule has 1 aromatic carbocycles. The van der Waals surface area contributed by atoms with E-state index in [1.54, 1.807) is 6.92 Å². The summed E-state index contributed by atoms with van der Waals surface area (Å²) in [5, 5.41) is 3.08. The molecule has 118 valence electrons. The van der Waals surface area contributed by atoms with Crippen molar-refractivity contribution in [3.63, 3.8) is 0 Å². The summed E-state index contributed by atoms with van der Waals surface area (Å²) in [5.74, 6) is -1.88. The zero-order chi connectivity index (χ0) is 14.9. The minimum Gasteiger partial charge on any atom is -0.333 e. The smallest absolute Gasteiger partial charge is 0.333 e. The number of carbonyl (C=O) groups is 1. The fourth-order valence-electron chi connectivity index (χ4n) is 2.18. The van der Waals surface area contributed by atoms with Crippen LogP contribution in [0.15, 0.2) is 18.2 Å². The van der Waals surface area contributed by atoms with Crippen LogP contribution in [-0.4, -0.2) is 36.5 Å². The molecule has 21 heavy (non-hydrogen) atoms. The van der Waals surface area contributed by atoms with Crippen LogP contribution < -0.4 is 5.32 Å². The Bertz CT molecular complexity index is 521. The Balaban J connectivity index is 0.00000220. The molecule has 1 fully saturated rings. The topological polar surface area (TPSA) is 32.3 Å². The SMILES string of the molecule is C[C@@H]1CNCCN1C(=O)c1ccc(F)c(C(F)(F)F)c1.Cl. The summed E-state index contributed by atoms with van der Waals surface area (Å²) >= 11 is 0. The summed E-state index contributed by atoms with van der Waals surface area (Å²) in [4.78, 5) is 13.7. The second-order valence-electron chi connectivity index (χ2n) is 4.74. The highest BCUT2D eigenvalue weighted by atomic mass is 35.5. The summed E-state index contributed by atoms with van der Waals surface area (Å²) in [6.07, 6.45) is -4.81. The minimum atomic E-state index is -4.81. The van der Waals surface area contributed by atoms with Gasteiger partial charge in [-0.2, -0.15) is 13.2 Å². The molecule has 0 bridgehead atoms. The lowest BCUT2D eigenvalue weighted by Crippen LogP contribution is -2.52. The van der Waals surface area contributed by atoms with Gasteiger partial charge in [0.25, 0.3) is 5.91 Å². The van der Waals surface area contributed by atoms with E-state index in [1.165, 1.54) is 4.90 Å². The molecule has 3 nitrogen and oxygen atoms in total. The quantitative estimate of drug-likeness (QED) is 0.805. The van der Waals surface area contributed by atoms with Crippen LogP contribution in [-0.2, 0) is 6.18 Å². The van der Waals surface area contributed by atoms with Crippen molar-refractivity contribution in [2.24, 2.45) is 0 Å². The number of alkyl halides is 3. The van der Waals surface area contributed by atoms with Crippen LogP contribution in [0.4, 0.5) is 17.6 Å². The van der Waals surface area contributed by atoms with E-state index in [0.717, 1.165) is 6.07 Å². The van der Waals surface area contributed by atoms with Crippen molar-refractivity contribution in [2.75, 3.05) is 19.6 Å². The lowest BCUT2D eigenvalue weighted by atomic mass is 10.1. The Kier molecular flexibility index (Phi) is 5.58. The largest absolute Gasteiger partial charge is 0.419 e. The molecule has 0 unspecified atom stereocenters. The average Bonchev–Trinajstić information content (AvgIpc) is 2.37. The van der Waals surface area contributed by atoms with Gasteiger partial charge in [-0.25, -0.2) is 4.39 Å². The molecule has 1 heterocycles. The van der Waals surface area contributed by atoms with Crippen LogP contribution in [0.3, 0.4) is 0 Å². The van der Waals surface area contributed by atoms with Gasteiger partial charge in [0.05, 0.1) is 5.56 Å². The number of nitrogens with one attached hydrogen (secondary N) is 1. The molecular weight excluding hydrogens is 312 g/mol. The van der Waals surface area contributed by atoms with Crippen molar-refractivity contribution < 1.29 is 22.4 Å². The number of amides is 1. The van der Waals surface area contributed by atoms with Gasteiger partial charge in [0.2, 0.25) is 0 Å². The third kappa shape index (κ3) is 3.85. The fraction of sp³-hybridized carbons (Fsp3) is 0.462. The minimum absolute atomic E-state index is 0. The fourth-order valence-corrected chi connectivity index (χ4v) is 2.18. The predicted octanol–water partition coefficient (Wildman–Crippen LogP) is 2.70. The number of halogens is 5. The van der Waals surface area contributed by atoms with Gasteiger partial charge in [-0.3, -0.25) is 4.79 Å². The molecule has 1 aliphatic heterocycles. The molecule has 1 saturated heterocycles. The summed E-state index contributed by atoms with van der Waals surface area (Å²) < 4.78 is 51.1. The van der Waals surface area contributed by atoms with Crippen molar-refractivity contribution in [2.45, 2.75) is 19.1 Å². The van der Waals surface area contributed by atoms with Gasteiger partial charge >= 0.3 is 6.18 Å². The maximum atomic E-state index is 13.2. The zero-order valence-electron chi connectivity index (χ0n) is 11.2. The van der Waals surface area contributed by atoms with Crippen molar-refractivity contribution in [1.82, 2.24) is 10.2 Å². The summed E-state index contributed by atoms with van der Waals surface area (Å²) in [6.45, 7) is 3.39. The number of carbonyl (C=O) groups excluding carboxylic acids is 1. The Morgan fingerprint density at radius 1 is 1.38 bits per heavy atom. The molecule has 1 N–H and O–H groups in total. The number of hydrogen-bond donors (Lipinski definition) is 1. The lowest BCUT2D eigenvalue weighted by Gasteiger charge is -2.34. The highest BCUT2D eigenvalue weighted by molar-refractivity contribution is 5.94. The Morgan fingerprint density at radius 3 is 2.62 bits per heavy atom. The maximum absolute atomic E-state index is 13.2. The van der Waals surface area contributed by atoms with Gasteiger partial charge < -0.3 is 10.2 Å². The van der Waals surface area contributed by atoms with Crippen LogP contribution >= 0.6 is 12.4 Å². The average molecular weight is 327 g/mol. The number of nitrogens with zero attached hydrogens (tertiary/aromatic N) is 1. The monoisotopic (exact) mass is 326 g/mol. The summed E-state index contributed by atoms with van der Waals surface area (Å²) in [5.41, 5.74) is -1.56. The zero-order valence-corrected chi connectivity index (χ0v) is 12.0. The second-order valence-corrected chi connectivity index (χ2v) is 4.74. The van der Waals surface area contributed by atoms with Crippen molar-refractivity contribution in [1.29, 1.82) is 0 Å². The number of benzene rings is 1. The van der Waals surface area contributed by atoms with Crippen LogP contribution in [0.1, 0.15) is 22.8 Å². The van der Waals surface area contributed by atoms with Gasteiger partial charge in [-0.1, -0.05) is 0 Å². The van der Waals surface area contributed by atoms with Gasteiger partial charge in [0.1, 0.15) is 5.82 Å². The molecule has 0 saturated carbocycles. The highest BCUT2D eigenvalue weighted by Gasteiger charge is 2.35. The first kappa shape index (κ1) is 17.7. The Hall–Kier alpha value is -1.34. The molecule has 1 aliphatic rings. The van der Waals surface area contributed by atoms with Crippen molar-refractivity contribution >= 4 is 18.3 Å². The molecule has 2 rings (SSSR count). The van der Waals surface area contributed by atoms with Gasteiger partial charge in [-0.05, 0) is 25.1 Å². The van der Waals surface area contributed by atoms with E-state index in [1.807, 2.05) is 0 Å². The predicted molar refractivity (Wildman–Crippen MR) is 72.0 cm³/mol. The number of piperazine rings is 1. The van der Waals surface area contributed by atoms with Crippen molar-refractivity contribution in [3.05, 3.63) is 35.1 Å². The van der Waals surface area contributed by atoms with Gasteiger partial charge in [-0.15, -0.1) is 12.4 Å². The van der Waals surface area contributed by atoms with Crippen LogP contribution in [0.2, 0.25) is 0 Å². The Labute approximate surface area is 125 Å². The molecular formula is C13H15ClF4N2O. The summed E-state index contributed by atoms with van der Waals surface area (Å²) in [6, 6.07) is 2.23. The van der Waals surface area contributed by atoms with Crippen molar-refractivity contribution in [3.8, 4) is 0 Å². The lowest BCUT2D eigenvalue weighted by molar-refractivity contribution is -0.140. The van der Waals surface area contributed by atoms with E-state index in [0.29, 0.717) is 31.8 Å². The first-order valence-electron chi connectivity index (χ1n) is 6.19. The highest BCUT2D eigenvalue weighted by Crippen LogP contribution is 2.32. The first-order chi connectivity index (χ1) is 9.30. The van der Waals surface area contributed by atoms with E-state index in [4.69, 9.17) is 0 Å². The second kappa shape index (κ2) is 6.62. The molecule has 0 aliphatic carbocycles. The maximum Gasteiger partial charge on any atom is 0.419 e. The van der Waals surface area contributed by atoms with Crippen LogP contribution in [0, 0.1) is 5.82 Å².